The molecule has 0 saturated carbocycles. The molecule has 4 nitrogen and oxygen atoms in total. The predicted octanol–water partition coefficient (Wildman–Crippen LogP) is 9.24. The van der Waals surface area contributed by atoms with Crippen LogP contribution in [0.25, 0.3) is 0 Å². The Kier molecular flexibility index (Phi) is 21.3. The van der Waals surface area contributed by atoms with Crippen molar-refractivity contribution in [1.29, 1.82) is 0 Å². The Hall–Kier alpha value is -3.07. The van der Waals surface area contributed by atoms with Crippen LogP contribution in [0.3, 0.4) is 0 Å². The van der Waals surface area contributed by atoms with Gasteiger partial charge in [-0.15, -0.1) is 13.2 Å². The Bertz CT molecular complexity index is 946. The summed E-state index contributed by atoms with van der Waals surface area (Å²) < 4.78 is 67.3. The van der Waals surface area contributed by atoms with Gasteiger partial charge < -0.3 is 5.11 Å². The van der Waals surface area contributed by atoms with E-state index in [1.54, 1.807) is 19.1 Å². The normalized spacial score (nSPS) is 17.0. The lowest BCUT2D eigenvalue weighted by atomic mass is 10.0. The topological polar surface area (TPSA) is 58.9 Å². The van der Waals surface area contributed by atoms with E-state index in [1.807, 2.05) is 65.8 Å². The van der Waals surface area contributed by atoms with Gasteiger partial charge in [0.2, 0.25) is 0 Å². The summed E-state index contributed by atoms with van der Waals surface area (Å²) >= 11 is 0. The highest BCUT2D eigenvalue weighted by Gasteiger charge is 2.32. The summed E-state index contributed by atoms with van der Waals surface area (Å²) in [6.07, 6.45) is 8.53. The zero-order valence-electron chi connectivity index (χ0n) is 23.8. The molecule has 0 fully saturated rings. The number of allylic oxidation sites excluding steroid dienone is 5. The summed E-state index contributed by atoms with van der Waals surface area (Å²) in [5, 5.41) is 6.89. The molecule has 0 bridgehead atoms. The molecule has 3 atom stereocenters. The minimum absolute atomic E-state index is 0.0407. The molecule has 0 spiro atoms. The molecule has 39 heavy (non-hydrogen) atoms. The van der Waals surface area contributed by atoms with Crippen LogP contribution in [0, 0.1) is 17.6 Å². The Morgan fingerprint density at radius 1 is 1.10 bits per heavy atom. The van der Waals surface area contributed by atoms with E-state index in [0.717, 1.165) is 12.0 Å². The third-order valence-corrected chi connectivity index (χ3v) is 5.19. The summed E-state index contributed by atoms with van der Waals surface area (Å²) in [5.41, 5.74) is 1.74. The largest absolute Gasteiger partial charge is 0.523 e. The smallest absolute Gasteiger partial charge is 0.483 e. The van der Waals surface area contributed by atoms with Gasteiger partial charge in [0.1, 0.15) is 11.6 Å². The molecule has 9 heteroatoms. The lowest BCUT2D eigenvalue weighted by Crippen LogP contribution is -2.21. The van der Waals surface area contributed by atoms with Crippen LogP contribution < -0.4 is 0 Å². The summed E-state index contributed by atoms with van der Waals surface area (Å²) in [4.78, 5) is 12.8. The Labute approximate surface area is 229 Å². The van der Waals surface area contributed by atoms with Gasteiger partial charge in [0.15, 0.2) is 0 Å². The number of hydrogen-bond donors (Lipinski definition) is 1. The minimum Gasteiger partial charge on any atom is -0.483 e. The number of nitrogens with zero attached hydrogens (tertiary/aromatic N) is 1. The molecule has 0 saturated heterocycles. The molecule has 0 aromatic heterocycles. The van der Waals surface area contributed by atoms with E-state index >= 15 is 0 Å². The first-order valence-corrected chi connectivity index (χ1v) is 12.8. The monoisotopic (exact) mass is 559 g/mol. The Morgan fingerprint density at radius 2 is 1.64 bits per heavy atom. The van der Waals surface area contributed by atoms with Gasteiger partial charge in [0.25, 0.3) is 6.47 Å². The van der Waals surface area contributed by atoms with Gasteiger partial charge in [-0.3, -0.25) is 14.5 Å². The van der Waals surface area contributed by atoms with Crippen molar-refractivity contribution in [1.82, 2.24) is 0 Å². The Morgan fingerprint density at radius 3 is 2.10 bits per heavy atom. The van der Waals surface area contributed by atoms with Crippen LogP contribution >= 0.6 is 0 Å². The van der Waals surface area contributed by atoms with E-state index in [-0.39, 0.29) is 30.4 Å². The molecule has 1 aromatic carbocycles. The first-order valence-electron chi connectivity index (χ1n) is 12.8. The number of alkyl halides is 3. The van der Waals surface area contributed by atoms with Gasteiger partial charge in [-0.25, -0.2) is 8.78 Å². The fraction of sp³-hybridized carbons (Fsp3) is 0.467. The average Bonchev–Trinajstić information content (AvgIpc) is 3.35. The van der Waals surface area contributed by atoms with E-state index in [1.165, 1.54) is 24.3 Å². The highest BCUT2D eigenvalue weighted by atomic mass is 19.4. The van der Waals surface area contributed by atoms with Crippen molar-refractivity contribution in [3.63, 3.8) is 0 Å². The fourth-order valence-electron chi connectivity index (χ4n) is 3.42. The summed E-state index contributed by atoms with van der Waals surface area (Å²) in [7, 11) is 0. The number of benzene rings is 1. The van der Waals surface area contributed by atoms with Crippen molar-refractivity contribution < 1.29 is 36.6 Å². The van der Waals surface area contributed by atoms with E-state index in [2.05, 4.69) is 9.73 Å². The number of hydrogen-bond acceptors (Lipinski definition) is 3. The second-order valence-corrected chi connectivity index (χ2v) is 8.04. The maximum atomic E-state index is 13.6. The second kappa shape index (κ2) is 21.8. The zero-order chi connectivity index (χ0) is 30.4. The maximum absolute atomic E-state index is 13.6. The van der Waals surface area contributed by atoms with E-state index < -0.39 is 24.1 Å². The third kappa shape index (κ3) is 17.2. The lowest BCUT2D eigenvalue weighted by molar-refractivity contribution is -0.335. The highest BCUT2D eigenvalue weighted by Crippen LogP contribution is 2.26. The van der Waals surface area contributed by atoms with Gasteiger partial charge in [-0.1, -0.05) is 74.9 Å². The standard InChI is InChI=1S/C14H15F2N.C13H19F3O.C2H6.CH2O2/c1-3-9(2)12-7-8-13(17-12)14-10(15)5-4-6-11(14)16;1-4-7-11(3)9-6-10-12(8-5-2)17-13(14,15)16;1-2;2-1-3/h3-6,12H,7-8H2,1-2H3;4-9,11-12H,10H2,1-3H3;1-2H3;1H,(H,2,3)/b9-3+;7-4-,8-5-,9-6+;;/t12-;;;/m1.../s1. The molecule has 1 aliphatic heterocycles. The van der Waals surface area contributed by atoms with Crippen molar-refractivity contribution in [3.8, 4) is 0 Å². The van der Waals surface area contributed by atoms with Gasteiger partial charge in [-0.05, 0) is 65.0 Å². The molecule has 0 aliphatic carbocycles. The Balaban J connectivity index is 0. The van der Waals surface area contributed by atoms with Crippen LogP contribution in [0.15, 0.2) is 71.3 Å². The zero-order valence-corrected chi connectivity index (χ0v) is 23.8. The fourth-order valence-corrected chi connectivity index (χ4v) is 3.42. The molecule has 1 aliphatic rings. The summed E-state index contributed by atoms with van der Waals surface area (Å²) in [5.74, 6) is -0.831. The summed E-state index contributed by atoms with van der Waals surface area (Å²) in [6.45, 7) is 13.2. The van der Waals surface area contributed by atoms with E-state index in [9.17, 15) is 22.0 Å². The molecular weight excluding hydrogens is 517 g/mol. The summed E-state index contributed by atoms with van der Waals surface area (Å²) in [6, 6.07) is 4.00. The lowest BCUT2D eigenvalue weighted by Gasteiger charge is -2.14. The quantitative estimate of drug-likeness (QED) is 0.196. The van der Waals surface area contributed by atoms with Gasteiger partial charge in [-0.2, -0.15) is 0 Å². The SMILES string of the molecule is C/C=C(\C)[C@H]1CCC(c2c(F)cccc2F)=N1.C/C=C\C(C)/C=C/CC(/C=C\C)OC(F)(F)F.CC.O=CO. The van der Waals surface area contributed by atoms with Crippen LogP contribution in [0.5, 0.6) is 0 Å². The predicted molar refractivity (Wildman–Crippen MR) is 149 cm³/mol. The van der Waals surface area contributed by atoms with Crippen LogP contribution in [-0.2, 0) is 9.53 Å². The number of halogens is 5. The van der Waals surface area contributed by atoms with Crippen LogP contribution in [0.4, 0.5) is 22.0 Å². The minimum atomic E-state index is -4.59. The van der Waals surface area contributed by atoms with Crippen molar-refractivity contribution in [2.24, 2.45) is 10.9 Å². The molecular formula is C30H42F5NO3. The van der Waals surface area contributed by atoms with Crippen LogP contribution in [0.2, 0.25) is 0 Å². The van der Waals surface area contributed by atoms with Crippen molar-refractivity contribution >= 4 is 12.2 Å². The van der Waals surface area contributed by atoms with Gasteiger partial charge >= 0.3 is 6.36 Å². The molecule has 1 N–H and O–H groups in total. The molecule has 2 rings (SSSR count). The second-order valence-electron chi connectivity index (χ2n) is 8.04. The van der Waals surface area contributed by atoms with E-state index in [0.29, 0.717) is 12.1 Å². The first-order chi connectivity index (χ1) is 18.4. The number of aliphatic imine (C=N–C) groups is 1. The van der Waals surface area contributed by atoms with Gasteiger partial charge in [0.05, 0.1) is 17.7 Å². The van der Waals surface area contributed by atoms with Crippen molar-refractivity contribution in [3.05, 3.63) is 83.5 Å². The van der Waals surface area contributed by atoms with Crippen molar-refractivity contribution in [2.45, 2.75) is 86.2 Å². The van der Waals surface area contributed by atoms with Crippen LogP contribution in [0.1, 0.15) is 73.3 Å². The molecule has 0 radical (unpaired) electrons. The molecule has 2 unspecified atom stereocenters. The third-order valence-electron chi connectivity index (χ3n) is 5.19. The number of rotatable bonds is 8. The first kappa shape index (κ1) is 38.1. The van der Waals surface area contributed by atoms with Crippen molar-refractivity contribution in [2.75, 3.05) is 0 Å². The maximum Gasteiger partial charge on any atom is 0.523 e. The van der Waals surface area contributed by atoms with Crippen LogP contribution in [-0.4, -0.2) is 35.8 Å². The van der Waals surface area contributed by atoms with Gasteiger partial charge in [0, 0.05) is 5.71 Å². The number of carboxylic acid groups (broad SMARTS) is 1. The number of ether oxygens (including phenoxy) is 1. The molecule has 0 amide bonds. The molecule has 1 aromatic rings. The highest BCUT2D eigenvalue weighted by molar-refractivity contribution is 6.02. The van der Waals surface area contributed by atoms with E-state index in [4.69, 9.17) is 9.90 Å². The molecule has 220 valence electrons. The molecule has 1 heterocycles. The average molecular weight is 560 g/mol. The number of carbonyl (C=O) groups is 1.